The van der Waals surface area contributed by atoms with Gasteiger partial charge in [-0.05, 0) is 17.5 Å². The molecule has 0 radical (unpaired) electrons. The van der Waals surface area contributed by atoms with Crippen LogP contribution in [0.3, 0.4) is 0 Å². The van der Waals surface area contributed by atoms with E-state index in [9.17, 15) is 4.79 Å². The number of rotatable bonds is 4. The fourth-order valence-corrected chi connectivity index (χ4v) is 2.34. The number of hydrogen-bond acceptors (Lipinski definition) is 1. The molecule has 0 aliphatic heterocycles. The zero-order chi connectivity index (χ0) is 13.8. The lowest BCUT2D eigenvalue weighted by Crippen LogP contribution is -2.26. The van der Waals surface area contributed by atoms with Crippen molar-refractivity contribution < 1.29 is 0 Å². The van der Waals surface area contributed by atoms with E-state index in [0.717, 1.165) is 11.3 Å². The van der Waals surface area contributed by atoms with E-state index in [4.69, 9.17) is 11.6 Å². The number of pyridine rings is 1. The second kappa shape index (κ2) is 6.07. The molecule has 0 fully saturated rings. The van der Waals surface area contributed by atoms with E-state index in [1.54, 1.807) is 0 Å². The maximum Gasteiger partial charge on any atom is 0.255 e. The summed E-state index contributed by atoms with van der Waals surface area (Å²) in [5.41, 5.74) is 2.68. The van der Waals surface area contributed by atoms with Crippen molar-refractivity contribution >= 4 is 11.6 Å². The molecule has 0 N–H and O–H groups in total. The first-order valence-corrected chi connectivity index (χ1v) is 7.01. The number of nitrogens with zero attached hydrogens (tertiary/aromatic N) is 1. The van der Waals surface area contributed by atoms with Crippen molar-refractivity contribution in [1.82, 2.24) is 4.57 Å². The highest BCUT2D eigenvalue weighted by molar-refractivity contribution is 6.17. The SMILES string of the molecule is CC(C)Cn1c(-c2ccccc2)ccc(CCl)c1=O. The van der Waals surface area contributed by atoms with Gasteiger partial charge in [0.1, 0.15) is 0 Å². The Bertz CT molecular complexity index is 602. The Balaban J connectivity index is 2.61. The van der Waals surface area contributed by atoms with Crippen molar-refractivity contribution in [1.29, 1.82) is 0 Å². The average Bonchev–Trinajstić information content (AvgIpc) is 2.41. The van der Waals surface area contributed by atoms with Gasteiger partial charge in [0, 0.05) is 12.1 Å². The number of benzene rings is 1. The number of hydrogen-bond donors (Lipinski definition) is 0. The minimum atomic E-state index is 0.0186. The molecule has 0 saturated carbocycles. The standard InChI is InChI=1S/C16H18ClNO/c1-12(2)11-18-15(13-6-4-3-5-7-13)9-8-14(10-17)16(18)19/h3-9,12H,10-11H2,1-2H3. The van der Waals surface area contributed by atoms with Gasteiger partial charge in [-0.1, -0.05) is 50.2 Å². The molecule has 0 bridgehead atoms. The Morgan fingerprint density at radius 1 is 1.11 bits per heavy atom. The van der Waals surface area contributed by atoms with Crippen LogP contribution in [0.1, 0.15) is 19.4 Å². The van der Waals surface area contributed by atoms with Gasteiger partial charge in [0.15, 0.2) is 0 Å². The first-order chi connectivity index (χ1) is 9.13. The van der Waals surface area contributed by atoms with Crippen molar-refractivity contribution in [3.8, 4) is 11.3 Å². The Morgan fingerprint density at radius 3 is 2.37 bits per heavy atom. The second-order valence-corrected chi connectivity index (χ2v) is 5.32. The number of alkyl halides is 1. The quantitative estimate of drug-likeness (QED) is 0.776. The predicted octanol–water partition coefficient (Wildman–Crippen LogP) is 3.91. The third-order valence-corrected chi connectivity index (χ3v) is 3.30. The molecule has 0 saturated heterocycles. The summed E-state index contributed by atoms with van der Waals surface area (Å²) in [5, 5.41) is 0. The van der Waals surface area contributed by atoms with Gasteiger partial charge in [-0.15, -0.1) is 11.6 Å². The van der Waals surface area contributed by atoms with E-state index < -0.39 is 0 Å². The maximum atomic E-state index is 12.4. The van der Waals surface area contributed by atoms with Crippen molar-refractivity contribution in [2.45, 2.75) is 26.3 Å². The second-order valence-electron chi connectivity index (χ2n) is 5.05. The lowest BCUT2D eigenvalue weighted by Gasteiger charge is -2.16. The summed E-state index contributed by atoms with van der Waals surface area (Å²) >= 11 is 5.83. The van der Waals surface area contributed by atoms with Crippen molar-refractivity contribution in [3.05, 3.63) is 58.4 Å². The van der Waals surface area contributed by atoms with Gasteiger partial charge >= 0.3 is 0 Å². The Labute approximate surface area is 118 Å². The van der Waals surface area contributed by atoms with Gasteiger partial charge in [-0.2, -0.15) is 0 Å². The van der Waals surface area contributed by atoms with Gasteiger partial charge in [0.25, 0.3) is 5.56 Å². The van der Waals surface area contributed by atoms with Crippen LogP contribution in [0.4, 0.5) is 0 Å². The van der Waals surface area contributed by atoms with E-state index in [1.807, 2.05) is 47.0 Å². The molecule has 1 aromatic carbocycles. The summed E-state index contributed by atoms with van der Waals surface area (Å²) < 4.78 is 1.83. The third kappa shape index (κ3) is 3.07. The van der Waals surface area contributed by atoms with E-state index >= 15 is 0 Å². The molecule has 1 heterocycles. The van der Waals surface area contributed by atoms with Gasteiger partial charge in [0.2, 0.25) is 0 Å². The van der Waals surface area contributed by atoms with Crippen LogP contribution in [-0.4, -0.2) is 4.57 Å². The largest absolute Gasteiger partial charge is 0.308 e. The highest BCUT2D eigenvalue weighted by atomic mass is 35.5. The molecule has 0 aliphatic rings. The average molecular weight is 276 g/mol. The highest BCUT2D eigenvalue weighted by Gasteiger charge is 2.10. The Hall–Kier alpha value is -1.54. The van der Waals surface area contributed by atoms with E-state index in [-0.39, 0.29) is 11.4 Å². The summed E-state index contributed by atoms with van der Waals surface area (Å²) in [6, 6.07) is 13.8. The summed E-state index contributed by atoms with van der Waals surface area (Å²) in [5.74, 6) is 0.664. The van der Waals surface area contributed by atoms with Gasteiger partial charge in [-0.3, -0.25) is 4.79 Å². The molecule has 2 aromatic rings. The van der Waals surface area contributed by atoms with Crippen LogP contribution in [0, 0.1) is 5.92 Å². The molecule has 2 nitrogen and oxygen atoms in total. The third-order valence-electron chi connectivity index (χ3n) is 3.01. The van der Waals surface area contributed by atoms with Crippen LogP contribution in [0.5, 0.6) is 0 Å². The molecule has 100 valence electrons. The van der Waals surface area contributed by atoms with Crippen molar-refractivity contribution in [3.63, 3.8) is 0 Å². The maximum absolute atomic E-state index is 12.4. The zero-order valence-electron chi connectivity index (χ0n) is 11.3. The van der Waals surface area contributed by atoms with E-state index in [2.05, 4.69) is 13.8 Å². The molecule has 0 atom stereocenters. The van der Waals surface area contributed by atoms with Crippen LogP contribution in [0.2, 0.25) is 0 Å². The minimum Gasteiger partial charge on any atom is -0.308 e. The molecule has 0 amide bonds. The van der Waals surface area contributed by atoms with Crippen LogP contribution in [-0.2, 0) is 12.4 Å². The summed E-state index contributed by atoms with van der Waals surface area (Å²) in [4.78, 5) is 12.4. The summed E-state index contributed by atoms with van der Waals surface area (Å²) in [6.45, 7) is 4.91. The van der Waals surface area contributed by atoms with Gasteiger partial charge in [0.05, 0.1) is 11.6 Å². The summed E-state index contributed by atoms with van der Waals surface area (Å²) in [6.07, 6.45) is 0. The smallest absolute Gasteiger partial charge is 0.255 e. The molecule has 1 aromatic heterocycles. The van der Waals surface area contributed by atoms with E-state index in [1.165, 1.54) is 0 Å². The van der Waals surface area contributed by atoms with Crippen LogP contribution < -0.4 is 5.56 Å². The first-order valence-electron chi connectivity index (χ1n) is 6.47. The van der Waals surface area contributed by atoms with Crippen molar-refractivity contribution in [2.24, 2.45) is 5.92 Å². The molecule has 0 aliphatic carbocycles. The molecule has 3 heteroatoms. The Morgan fingerprint density at radius 2 is 1.79 bits per heavy atom. The molecule has 0 unspecified atom stereocenters. The van der Waals surface area contributed by atoms with Crippen LogP contribution >= 0.6 is 11.6 Å². The number of aromatic nitrogens is 1. The molecule has 2 rings (SSSR count). The fourth-order valence-electron chi connectivity index (χ4n) is 2.13. The van der Waals surface area contributed by atoms with Crippen LogP contribution in [0.15, 0.2) is 47.3 Å². The van der Waals surface area contributed by atoms with Crippen LogP contribution in [0.25, 0.3) is 11.3 Å². The lowest BCUT2D eigenvalue weighted by atomic mass is 10.1. The predicted molar refractivity (Wildman–Crippen MR) is 80.5 cm³/mol. The molecule has 0 spiro atoms. The Kier molecular flexibility index (Phi) is 4.43. The summed E-state index contributed by atoms with van der Waals surface area (Å²) in [7, 11) is 0. The van der Waals surface area contributed by atoms with Crippen molar-refractivity contribution in [2.75, 3.05) is 0 Å². The topological polar surface area (TPSA) is 22.0 Å². The first kappa shape index (κ1) is 13.9. The minimum absolute atomic E-state index is 0.0186. The molecule has 19 heavy (non-hydrogen) atoms. The lowest BCUT2D eigenvalue weighted by molar-refractivity contribution is 0.513. The monoisotopic (exact) mass is 275 g/mol. The fraction of sp³-hybridized carbons (Fsp3) is 0.312. The van der Waals surface area contributed by atoms with Gasteiger partial charge < -0.3 is 4.57 Å². The van der Waals surface area contributed by atoms with Gasteiger partial charge in [-0.25, -0.2) is 0 Å². The molecular weight excluding hydrogens is 258 g/mol. The highest BCUT2D eigenvalue weighted by Crippen LogP contribution is 2.19. The normalized spacial score (nSPS) is 10.9. The zero-order valence-corrected chi connectivity index (χ0v) is 12.0. The van der Waals surface area contributed by atoms with E-state index in [0.29, 0.717) is 18.0 Å². The number of halogens is 1. The molecular formula is C16H18ClNO.